The zero-order valence-electron chi connectivity index (χ0n) is 12.1. The van der Waals surface area contributed by atoms with Crippen LogP contribution in [-0.4, -0.2) is 34.0 Å². The Morgan fingerprint density at radius 3 is 2.60 bits per heavy atom. The number of hydrogen-bond donors (Lipinski definition) is 1. The molecule has 1 aromatic rings. The maximum Gasteiger partial charge on any atom is 0.335 e. The Bertz CT molecular complexity index is 522. The molecule has 1 saturated heterocycles. The van der Waals surface area contributed by atoms with E-state index in [2.05, 4.69) is 13.8 Å². The van der Waals surface area contributed by atoms with Crippen molar-refractivity contribution in [1.29, 1.82) is 0 Å². The van der Waals surface area contributed by atoms with E-state index in [1.165, 1.54) is 0 Å². The van der Waals surface area contributed by atoms with Gasteiger partial charge in [0.1, 0.15) is 0 Å². The molecule has 0 saturated carbocycles. The Hall–Kier alpha value is -1.84. The number of carboxylic acids is 1. The second-order valence-electron chi connectivity index (χ2n) is 5.92. The zero-order valence-corrected chi connectivity index (χ0v) is 12.1. The third-order valence-electron chi connectivity index (χ3n) is 4.06. The summed E-state index contributed by atoms with van der Waals surface area (Å²) in [6, 6.07) is 6.89. The molecule has 1 heterocycles. The fourth-order valence-electron chi connectivity index (χ4n) is 2.89. The highest BCUT2D eigenvalue weighted by Gasteiger charge is 2.34. The van der Waals surface area contributed by atoms with E-state index in [1.807, 2.05) is 11.0 Å². The minimum absolute atomic E-state index is 0.0661. The number of carboxylic acid groups (broad SMARTS) is 1. The first-order valence-electron chi connectivity index (χ1n) is 7.03. The van der Waals surface area contributed by atoms with Gasteiger partial charge in [0.25, 0.3) is 0 Å². The molecule has 0 aliphatic carbocycles. The third kappa shape index (κ3) is 3.00. The SMILES string of the molecule is CC1(C)CCCN1C(=O)CCc1ccccc1C(=O)O. The lowest BCUT2D eigenvalue weighted by Gasteiger charge is -2.31. The molecule has 1 N–H and O–H groups in total. The molecule has 0 unspecified atom stereocenters. The third-order valence-corrected chi connectivity index (χ3v) is 4.06. The summed E-state index contributed by atoms with van der Waals surface area (Å²) in [4.78, 5) is 25.4. The maximum atomic E-state index is 12.3. The minimum atomic E-state index is -0.936. The Kier molecular flexibility index (Phi) is 4.12. The number of carbonyl (C=O) groups excluding carboxylic acids is 1. The van der Waals surface area contributed by atoms with Crippen molar-refractivity contribution in [3.8, 4) is 0 Å². The summed E-state index contributed by atoms with van der Waals surface area (Å²) in [5.74, 6) is -0.817. The fourth-order valence-corrected chi connectivity index (χ4v) is 2.89. The van der Waals surface area contributed by atoms with Gasteiger partial charge in [-0.25, -0.2) is 4.79 Å². The molecule has 108 valence electrons. The molecule has 1 aliphatic rings. The lowest BCUT2D eigenvalue weighted by molar-refractivity contribution is -0.134. The van der Waals surface area contributed by atoms with Crippen LogP contribution in [0.2, 0.25) is 0 Å². The summed E-state index contributed by atoms with van der Waals surface area (Å²) >= 11 is 0. The molecule has 2 rings (SSSR count). The molecular weight excluding hydrogens is 254 g/mol. The summed E-state index contributed by atoms with van der Waals surface area (Å²) in [7, 11) is 0. The second-order valence-corrected chi connectivity index (χ2v) is 5.92. The standard InChI is InChI=1S/C16H21NO3/c1-16(2)10-5-11-17(16)14(18)9-8-12-6-3-4-7-13(12)15(19)20/h3-4,6-7H,5,8-11H2,1-2H3,(H,19,20). The predicted molar refractivity (Wildman–Crippen MR) is 76.7 cm³/mol. The number of aromatic carboxylic acids is 1. The van der Waals surface area contributed by atoms with E-state index in [0.29, 0.717) is 18.4 Å². The summed E-state index contributed by atoms with van der Waals surface area (Å²) in [5.41, 5.74) is 0.954. The van der Waals surface area contributed by atoms with Gasteiger partial charge in [0.05, 0.1) is 5.56 Å². The van der Waals surface area contributed by atoms with Crippen molar-refractivity contribution in [3.63, 3.8) is 0 Å². The normalized spacial score (nSPS) is 17.2. The average molecular weight is 275 g/mol. The van der Waals surface area contributed by atoms with E-state index in [9.17, 15) is 9.59 Å². The van der Waals surface area contributed by atoms with Crippen molar-refractivity contribution in [1.82, 2.24) is 4.90 Å². The van der Waals surface area contributed by atoms with Crippen LogP contribution in [0.15, 0.2) is 24.3 Å². The molecule has 0 aromatic heterocycles. The number of amides is 1. The molecule has 0 spiro atoms. The van der Waals surface area contributed by atoms with Crippen molar-refractivity contribution in [3.05, 3.63) is 35.4 Å². The molecule has 1 fully saturated rings. The molecular formula is C16H21NO3. The molecule has 1 amide bonds. The predicted octanol–water partition coefficient (Wildman–Crippen LogP) is 2.72. The van der Waals surface area contributed by atoms with Crippen LogP contribution in [0.3, 0.4) is 0 Å². The monoisotopic (exact) mass is 275 g/mol. The number of aryl methyl sites for hydroxylation is 1. The smallest absolute Gasteiger partial charge is 0.335 e. The van der Waals surface area contributed by atoms with Crippen molar-refractivity contribution in [2.24, 2.45) is 0 Å². The highest BCUT2D eigenvalue weighted by molar-refractivity contribution is 5.89. The molecule has 4 heteroatoms. The van der Waals surface area contributed by atoms with Gasteiger partial charge in [-0.15, -0.1) is 0 Å². The molecule has 1 aliphatic heterocycles. The Labute approximate surface area is 119 Å². The molecule has 0 radical (unpaired) electrons. The minimum Gasteiger partial charge on any atom is -0.478 e. The van der Waals surface area contributed by atoms with Crippen LogP contribution in [0.4, 0.5) is 0 Å². The van der Waals surface area contributed by atoms with Crippen molar-refractivity contribution in [2.45, 2.75) is 45.1 Å². The van der Waals surface area contributed by atoms with Crippen molar-refractivity contribution in [2.75, 3.05) is 6.54 Å². The average Bonchev–Trinajstić information content (AvgIpc) is 2.76. The zero-order chi connectivity index (χ0) is 14.8. The fraction of sp³-hybridized carbons (Fsp3) is 0.500. The Morgan fingerprint density at radius 1 is 1.30 bits per heavy atom. The van der Waals surface area contributed by atoms with E-state index in [1.54, 1.807) is 18.2 Å². The van der Waals surface area contributed by atoms with Crippen LogP contribution < -0.4 is 0 Å². The second kappa shape index (κ2) is 5.65. The highest BCUT2D eigenvalue weighted by atomic mass is 16.4. The first kappa shape index (κ1) is 14.6. The molecule has 20 heavy (non-hydrogen) atoms. The van der Waals surface area contributed by atoms with Crippen LogP contribution in [0, 0.1) is 0 Å². The van der Waals surface area contributed by atoms with Gasteiger partial charge >= 0.3 is 5.97 Å². The summed E-state index contributed by atoms with van der Waals surface area (Å²) in [6.45, 7) is 4.98. The van der Waals surface area contributed by atoms with Crippen LogP contribution in [0.1, 0.15) is 49.0 Å². The van der Waals surface area contributed by atoms with Crippen molar-refractivity contribution < 1.29 is 14.7 Å². The topological polar surface area (TPSA) is 57.6 Å². The molecule has 4 nitrogen and oxygen atoms in total. The number of rotatable bonds is 4. The van der Waals surface area contributed by atoms with E-state index in [4.69, 9.17) is 5.11 Å². The first-order valence-corrected chi connectivity index (χ1v) is 7.03. The van der Waals surface area contributed by atoms with Gasteiger partial charge in [0, 0.05) is 18.5 Å². The van der Waals surface area contributed by atoms with Crippen LogP contribution >= 0.6 is 0 Å². The van der Waals surface area contributed by atoms with Crippen LogP contribution in [-0.2, 0) is 11.2 Å². The molecule has 1 aromatic carbocycles. The quantitative estimate of drug-likeness (QED) is 0.919. The number of benzene rings is 1. The van der Waals surface area contributed by atoms with E-state index < -0.39 is 5.97 Å². The van der Waals surface area contributed by atoms with Gasteiger partial charge < -0.3 is 10.0 Å². The lowest BCUT2D eigenvalue weighted by atomic mass is 10.00. The molecule has 0 atom stereocenters. The first-order chi connectivity index (χ1) is 9.42. The summed E-state index contributed by atoms with van der Waals surface area (Å²) in [6.07, 6.45) is 2.93. The highest BCUT2D eigenvalue weighted by Crippen LogP contribution is 2.29. The van der Waals surface area contributed by atoms with Gasteiger partial charge in [-0.2, -0.15) is 0 Å². The van der Waals surface area contributed by atoms with Gasteiger partial charge in [-0.3, -0.25) is 4.79 Å². The number of carbonyl (C=O) groups is 2. The van der Waals surface area contributed by atoms with Crippen LogP contribution in [0.25, 0.3) is 0 Å². The number of nitrogens with zero attached hydrogens (tertiary/aromatic N) is 1. The van der Waals surface area contributed by atoms with E-state index >= 15 is 0 Å². The van der Waals surface area contributed by atoms with Gasteiger partial charge in [0.15, 0.2) is 0 Å². The van der Waals surface area contributed by atoms with E-state index in [-0.39, 0.29) is 11.4 Å². The lowest BCUT2D eigenvalue weighted by Crippen LogP contribution is -2.42. The van der Waals surface area contributed by atoms with Gasteiger partial charge in [-0.1, -0.05) is 18.2 Å². The van der Waals surface area contributed by atoms with Gasteiger partial charge in [-0.05, 0) is 44.7 Å². The largest absolute Gasteiger partial charge is 0.478 e. The summed E-state index contributed by atoms with van der Waals surface area (Å²) < 4.78 is 0. The maximum absolute atomic E-state index is 12.3. The number of hydrogen-bond acceptors (Lipinski definition) is 2. The van der Waals surface area contributed by atoms with Crippen LogP contribution in [0.5, 0.6) is 0 Å². The summed E-state index contributed by atoms with van der Waals surface area (Å²) in [5, 5.41) is 9.13. The van der Waals surface area contributed by atoms with Crippen molar-refractivity contribution >= 4 is 11.9 Å². The Balaban J connectivity index is 2.02. The number of likely N-dealkylation sites (tertiary alicyclic amines) is 1. The van der Waals surface area contributed by atoms with Gasteiger partial charge in [0.2, 0.25) is 5.91 Å². The Morgan fingerprint density at radius 2 is 2.00 bits per heavy atom. The molecule has 0 bridgehead atoms. The van der Waals surface area contributed by atoms with E-state index in [0.717, 1.165) is 24.9 Å².